The topological polar surface area (TPSA) is 480 Å². The van der Waals surface area contributed by atoms with Crippen molar-refractivity contribution in [3.63, 3.8) is 0 Å². The highest BCUT2D eigenvalue weighted by Gasteiger charge is 2.57. The number of hydrogen-bond donors (Lipinski definition) is 5. The summed E-state index contributed by atoms with van der Waals surface area (Å²) in [5.74, 6) is -7.36. The average molecular weight is 1940 g/mol. The molecule has 5 amide bonds. The number of cyclic esters (lactones) is 1. The number of aryl methyl sites for hydroxylation is 1. The van der Waals surface area contributed by atoms with E-state index < -0.39 is 126 Å². The minimum atomic E-state index is -2.13. The molecule has 42 heteroatoms. The molecule has 0 radical (unpaired) electrons. The van der Waals surface area contributed by atoms with Crippen LogP contribution in [-0.4, -0.2) is 321 Å². The van der Waals surface area contributed by atoms with Crippen LogP contribution in [0.1, 0.15) is 121 Å². The number of pyridine rings is 2. The molecule has 4 aromatic carbocycles. The highest BCUT2D eigenvalue weighted by Crippen LogP contribution is 2.48. The number of nitrogens with one attached hydrogen (secondary N) is 4. The van der Waals surface area contributed by atoms with Gasteiger partial charge < -0.3 is 140 Å². The first-order valence-corrected chi connectivity index (χ1v) is 46.0. The van der Waals surface area contributed by atoms with Gasteiger partial charge in [-0.15, -0.1) is 0 Å². The second-order valence-corrected chi connectivity index (χ2v) is 33.1. The van der Waals surface area contributed by atoms with Crippen LogP contribution in [0.5, 0.6) is 5.75 Å². The van der Waals surface area contributed by atoms with E-state index in [2.05, 4.69) is 21.3 Å². The van der Waals surface area contributed by atoms with Crippen molar-refractivity contribution in [3.8, 4) is 28.3 Å². The first-order chi connectivity index (χ1) is 66.8. The number of hydrogen-bond acceptors (Lipinski definition) is 35. The normalized spacial score (nSPS) is 18.5. The molecule has 6 aliphatic rings. The van der Waals surface area contributed by atoms with Crippen molar-refractivity contribution >= 4 is 70.7 Å². The van der Waals surface area contributed by atoms with Gasteiger partial charge in [-0.05, 0) is 88.9 Å². The zero-order valence-corrected chi connectivity index (χ0v) is 78.6. The smallest absolute Gasteiger partial charge is 0.407 e. The number of ether oxygens (including phenoxy) is 22. The maximum atomic E-state index is 15.8. The van der Waals surface area contributed by atoms with Crippen molar-refractivity contribution in [3.05, 3.63) is 151 Å². The summed E-state index contributed by atoms with van der Waals surface area (Å²) in [5, 5.41) is 23.4. The SMILES string of the molecule is CC[C@@]1(O)C(=O)OCc2c1cc1n(c2=O)Cc2c-1nc1cc(F)c(C)c3c1c2[C@@H](NC(=O)OCc1ccc(O[C@@H]2O[C@H](C(=O)OC)[C@@H](OC(C)=O)[C@H](OC(C)=O)[C@H]2OC(C)=O)c(CNC(=O)CCNC(=O)COC2(CNC(=O)OCC4c5ccccc5-c5ccccc54)CN(C(=O)CCOCCOCCOCCOCCOCCOCCOCCOCCOCCOCCOCCOC)C2)c1)CC3. The Morgan fingerprint density at radius 2 is 1.15 bits per heavy atom. The van der Waals surface area contributed by atoms with Crippen LogP contribution in [0.25, 0.3) is 33.4 Å². The molecule has 138 heavy (non-hydrogen) atoms. The second kappa shape index (κ2) is 52.6. The lowest BCUT2D eigenvalue weighted by atomic mass is 9.81. The van der Waals surface area contributed by atoms with E-state index in [0.717, 1.165) is 50.1 Å². The number of alkyl carbamates (subject to hydrolysis) is 2. The molecule has 2 saturated heterocycles. The maximum Gasteiger partial charge on any atom is 0.407 e. The van der Waals surface area contributed by atoms with Gasteiger partial charge >= 0.3 is 42.0 Å². The number of esters is 5. The Balaban J connectivity index is 0.611. The van der Waals surface area contributed by atoms with Crippen LogP contribution >= 0.6 is 0 Å². The largest absolute Gasteiger partial charge is 0.467 e. The number of aromatic nitrogens is 2. The Bertz CT molecular complexity index is 5200. The van der Waals surface area contributed by atoms with E-state index in [0.29, 0.717) is 166 Å². The summed E-state index contributed by atoms with van der Waals surface area (Å²) in [7, 11) is 2.64. The lowest BCUT2D eigenvalue weighted by Gasteiger charge is -2.49. The third-order valence-electron chi connectivity index (χ3n) is 23.7. The van der Waals surface area contributed by atoms with E-state index in [-0.39, 0.29) is 155 Å². The first-order valence-electron chi connectivity index (χ1n) is 46.0. The molecule has 0 bridgehead atoms. The Hall–Kier alpha value is -11.3. The number of carbonyl (C=O) groups is 10. The number of aliphatic hydroxyl groups is 1. The van der Waals surface area contributed by atoms with Crippen LogP contribution in [0, 0.1) is 12.7 Å². The second-order valence-electron chi connectivity index (χ2n) is 33.1. The van der Waals surface area contributed by atoms with Gasteiger partial charge in [0.1, 0.15) is 43.6 Å². The summed E-state index contributed by atoms with van der Waals surface area (Å²) in [6, 6.07) is 22.1. The molecule has 6 heterocycles. The van der Waals surface area contributed by atoms with Crippen LogP contribution in [0.3, 0.4) is 0 Å². The van der Waals surface area contributed by atoms with Gasteiger partial charge in [-0.2, -0.15) is 0 Å². The Morgan fingerprint density at radius 3 is 1.71 bits per heavy atom. The van der Waals surface area contributed by atoms with Crippen LogP contribution in [0.2, 0.25) is 0 Å². The van der Waals surface area contributed by atoms with E-state index in [1.807, 2.05) is 48.5 Å². The van der Waals surface area contributed by atoms with E-state index in [9.17, 15) is 57.8 Å². The summed E-state index contributed by atoms with van der Waals surface area (Å²) in [5.41, 5.74) is 3.59. The van der Waals surface area contributed by atoms with Crippen LogP contribution in [0.15, 0.2) is 83.7 Å². The number of carbonyl (C=O) groups excluding carboxylic acids is 10. The van der Waals surface area contributed by atoms with Crippen molar-refractivity contribution < 1.29 is 162 Å². The molecule has 7 atom stereocenters. The molecular formula is C96H122FN7O34. The van der Waals surface area contributed by atoms with E-state index in [4.69, 9.17) is 109 Å². The Kier molecular flexibility index (Phi) is 40.2. The highest BCUT2D eigenvalue weighted by atomic mass is 19.1. The standard InChI is InChI=1S/C96H122FN7O34/c1-8-96(116)73-48-77-84-70(51-104(77)89(111)72(73)54-130-92(96)113)83-75(19-18-65-59(2)74(97)49-76(101-84)82(65)83)102-94(115)131-52-63-17-20-78(137-91-88(136-62(5)107)86(135-61(4)106)85(134-60(3)105)87(138-91)90(112)118-7)64(47-63)50-99-79(108)21-23-98-80(109)55-133-95(56-100-93(114)132-53-71-68-15-11-9-13-66(68)67-14-10-12-16-69(67)71)57-103(58-95)81(110)22-24-119-27-28-121-31-32-123-35-36-125-39-40-127-43-44-129-46-45-128-42-41-126-38-37-124-34-33-122-30-29-120-26-25-117-6/h9-17,20,47-49,71,75,85-88,91,116H,8,18-19,21-46,50-58H2,1-7H3,(H,98,109)(H,99,108)(H,100,114)(H,102,115)/t75-,85-,86-,87-,88+,91+,96-/m0/s1. The zero-order chi connectivity index (χ0) is 98.1. The predicted molar refractivity (Wildman–Crippen MR) is 481 cm³/mol. The van der Waals surface area contributed by atoms with E-state index in [1.165, 1.54) is 39.8 Å². The first kappa shape index (κ1) is 106. The molecule has 2 fully saturated rings. The molecule has 12 rings (SSSR count). The van der Waals surface area contributed by atoms with E-state index >= 15 is 4.39 Å². The molecule has 2 aliphatic carbocycles. The van der Waals surface area contributed by atoms with Gasteiger partial charge in [0.05, 0.1) is 220 Å². The van der Waals surface area contributed by atoms with Crippen molar-refractivity contribution in [2.24, 2.45) is 0 Å². The number of nitrogens with zero attached hydrogens (tertiary/aromatic N) is 3. The lowest BCUT2D eigenvalue weighted by Crippen LogP contribution is -2.69. The summed E-state index contributed by atoms with van der Waals surface area (Å²) in [4.78, 5) is 155. The van der Waals surface area contributed by atoms with E-state index in [1.54, 1.807) is 21.0 Å². The van der Waals surface area contributed by atoms with Gasteiger partial charge in [0.2, 0.25) is 30.1 Å². The number of likely N-dealkylation sites (tertiary alicyclic amines) is 1. The van der Waals surface area contributed by atoms with Gasteiger partial charge in [0, 0.05) is 81.5 Å². The number of benzene rings is 4. The van der Waals surface area contributed by atoms with Gasteiger partial charge in [0.15, 0.2) is 23.9 Å². The quantitative estimate of drug-likeness (QED) is 0.0190. The molecule has 0 unspecified atom stereocenters. The van der Waals surface area contributed by atoms with Crippen molar-refractivity contribution in [1.29, 1.82) is 0 Å². The van der Waals surface area contributed by atoms with Crippen LogP contribution in [0.4, 0.5) is 14.0 Å². The van der Waals surface area contributed by atoms with Crippen LogP contribution < -0.4 is 31.6 Å². The Morgan fingerprint density at radius 1 is 0.601 bits per heavy atom. The molecule has 6 aromatic rings. The monoisotopic (exact) mass is 1940 g/mol. The molecule has 0 saturated carbocycles. The number of amides is 5. The minimum Gasteiger partial charge on any atom is -0.467 e. The number of rotatable bonds is 58. The molecule has 0 spiro atoms. The Labute approximate surface area is 796 Å². The molecule has 41 nitrogen and oxygen atoms in total. The lowest BCUT2D eigenvalue weighted by molar-refractivity contribution is -0.282. The van der Waals surface area contributed by atoms with Crippen LogP contribution in [-0.2, 0) is 176 Å². The molecular weight excluding hydrogens is 1810 g/mol. The van der Waals surface area contributed by atoms with Crippen molar-refractivity contribution in [2.75, 3.05) is 206 Å². The fraction of sp³-hybridized carbons (Fsp3) is 0.562. The fourth-order valence-electron chi connectivity index (χ4n) is 16.9. The minimum absolute atomic E-state index is 0.00388. The number of halogens is 1. The summed E-state index contributed by atoms with van der Waals surface area (Å²) in [6.07, 6.45) is -10.6. The molecule has 4 aliphatic heterocycles. The molecule has 5 N–H and O–H groups in total. The maximum absolute atomic E-state index is 15.8. The number of methoxy groups -OCH3 is 2. The molecule has 752 valence electrons. The number of fused-ring (bicyclic) bond motifs is 8. The predicted octanol–water partition coefficient (Wildman–Crippen LogP) is 4.99. The summed E-state index contributed by atoms with van der Waals surface area (Å²) < 4.78 is 141. The van der Waals surface area contributed by atoms with Crippen molar-refractivity contribution in [2.45, 2.75) is 147 Å². The summed E-state index contributed by atoms with van der Waals surface area (Å²) >= 11 is 0. The highest BCUT2D eigenvalue weighted by molar-refractivity contribution is 5.94. The van der Waals surface area contributed by atoms with Gasteiger partial charge in [-0.3, -0.25) is 33.6 Å². The zero-order valence-electron chi connectivity index (χ0n) is 78.6. The average Bonchev–Trinajstić information content (AvgIpc) is 1.54. The third-order valence-corrected chi connectivity index (χ3v) is 23.7. The fourth-order valence-corrected chi connectivity index (χ4v) is 16.9. The van der Waals surface area contributed by atoms with Crippen molar-refractivity contribution in [1.82, 2.24) is 35.7 Å². The third kappa shape index (κ3) is 28.5. The van der Waals surface area contributed by atoms with Gasteiger partial charge in [-0.25, -0.2) is 28.6 Å². The molecule has 2 aromatic heterocycles. The van der Waals surface area contributed by atoms with Gasteiger partial charge in [-0.1, -0.05) is 61.5 Å². The summed E-state index contributed by atoms with van der Waals surface area (Å²) in [6.45, 7) is 13.2. The van der Waals surface area contributed by atoms with Gasteiger partial charge in [0.25, 0.3) is 5.56 Å².